The van der Waals surface area contributed by atoms with Crippen molar-refractivity contribution < 1.29 is 28.6 Å². The van der Waals surface area contributed by atoms with E-state index in [4.69, 9.17) is 14.2 Å². The minimum atomic E-state index is -0.769. The molecule has 0 saturated heterocycles. The van der Waals surface area contributed by atoms with Crippen LogP contribution < -0.4 is 0 Å². The van der Waals surface area contributed by atoms with Crippen molar-refractivity contribution in [3.63, 3.8) is 0 Å². The van der Waals surface area contributed by atoms with E-state index in [0.29, 0.717) is 19.3 Å². The highest BCUT2D eigenvalue weighted by Gasteiger charge is 2.19. The summed E-state index contributed by atoms with van der Waals surface area (Å²) >= 11 is 0. The molecular weight excluding hydrogens is 961 g/mol. The lowest BCUT2D eigenvalue weighted by molar-refractivity contribution is -0.167. The summed E-state index contributed by atoms with van der Waals surface area (Å²) in [6.07, 6.45) is 84.9. The molecule has 0 saturated carbocycles. The van der Waals surface area contributed by atoms with Crippen LogP contribution in [0.15, 0.2) is 48.6 Å². The Kier molecular flexibility index (Phi) is 64.6. The van der Waals surface area contributed by atoms with Gasteiger partial charge in [-0.3, -0.25) is 14.4 Å². The topological polar surface area (TPSA) is 78.9 Å². The fraction of sp³-hybridized carbons (Fsp3) is 0.847. The van der Waals surface area contributed by atoms with Gasteiger partial charge in [-0.2, -0.15) is 0 Å². The average Bonchev–Trinajstić information content (AvgIpc) is 3.44. The molecule has 0 aliphatic rings. The zero-order valence-electron chi connectivity index (χ0n) is 52.5. The van der Waals surface area contributed by atoms with Gasteiger partial charge in [-0.15, -0.1) is 0 Å². The Bertz CT molecular complexity index is 1350. The molecule has 78 heavy (non-hydrogen) atoms. The van der Waals surface area contributed by atoms with Gasteiger partial charge >= 0.3 is 17.9 Å². The van der Waals surface area contributed by atoms with Crippen LogP contribution in [0.3, 0.4) is 0 Å². The molecular formula is C72H132O6. The first kappa shape index (κ1) is 75.4. The van der Waals surface area contributed by atoms with Crippen molar-refractivity contribution in [1.82, 2.24) is 0 Å². The minimum Gasteiger partial charge on any atom is -0.462 e. The van der Waals surface area contributed by atoms with E-state index in [-0.39, 0.29) is 31.1 Å². The summed E-state index contributed by atoms with van der Waals surface area (Å²) in [5.74, 6) is -0.864. The first-order chi connectivity index (χ1) is 38.5. The maximum atomic E-state index is 12.8. The molecule has 456 valence electrons. The van der Waals surface area contributed by atoms with Crippen LogP contribution in [0.4, 0.5) is 0 Å². The molecule has 0 aromatic carbocycles. The second kappa shape index (κ2) is 66.9. The molecule has 0 amide bonds. The standard InChI is InChI=1S/C72H132O6/c1-4-7-10-13-15-17-19-21-23-25-27-29-31-33-34-35-36-37-39-40-42-44-46-48-50-52-54-56-59-62-65-71(74)77-68-69(67-76-70(73)64-61-58-12-9-6-3)78-72(75)66-63-60-57-55-53-51-49-47-45-43-41-38-32-30-28-26-24-22-20-18-16-14-11-8-5-2/h8,11,16,18,22,24,28,30,69H,4-7,9-10,12-15,17,19-21,23,25-27,29,31-68H2,1-3H3/b11-8-,18-16-,24-22-,30-28-. The Hall–Kier alpha value is -2.63. The second-order valence-electron chi connectivity index (χ2n) is 23.4. The third kappa shape index (κ3) is 64.2. The van der Waals surface area contributed by atoms with Gasteiger partial charge in [-0.25, -0.2) is 0 Å². The van der Waals surface area contributed by atoms with Crippen molar-refractivity contribution in [2.45, 2.75) is 380 Å². The van der Waals surface area contributed by atoms with Crippen LogP contribution in [0.25, 0.3) is 0 Å². The number of unbranched alkanes of at least 4 members (excludes halogenated alkanes) is 45. The van der Waals surface area contributed by atoms with Gasteiger partial charge in [0.15, 0.2) is 6.10 Å². The second-order valence-corrected chi connectivity index (χ2v) is 23.4. The molecule has 0 N–H and O–H groups in total. The molecule has 0 aliphatic carbocycles. The van der Waals surface area contributed by atoms with Gasteiger partial charge in [0.1, 0.15) is 13.2 Å². The maximum absolute atomic E-state index is 12.8. The van der Waals surface area contributed by atoms with E-state index in [9.17, 15) is 14.4 Å². The predicted octanol–water partition coefficient (Wildman–Crippen LogP) is 23.7. The van der Waals surface area contributed by atoms with E-state index in [2.05, 4.69) is 69.4 Å². The monoisotopic (exact) mass is 1090 g/mol. The Labute approximate surface area is 486 Å². The first-order valence-corrected chi connectivity index (χ1v) is 34.6. The summed E-state index contributed by atoms with van der Waals surface area (Å²) in [6, 6.07) is 0. The number of ether oxygens (including phenoxy) is 3. The number of allylic oxidation sites excluding steroid dienone is 8. The van der Waals surface area contributed by atoms with E-state index < -0.39 is 6.10 Å². The van der Waals surface area contributed by atoms with Crippen molar-refractivity contribution in [2.24, 2.45) is 0 Å². The van der Waals surface area contributed by atoms with Crippen LogP contribution in [0, 0.1) is 0 Å². The molecule has 0 bridgehead atoms. The lowest BCUT2D eigenvalue weighted by Gasteiger charge is -2.18. The van der Waals surface area contributed by atoms with Crippen molar-refractivity contribution in [1.29, 1.82) is 0 Å². The van der Waals surface area contributed by atoms with E-state index in [1.54, 1.807) is 0 Å². The van der Waals surface area contributed by atoms with Crippen LogP contribution in [0.2, 0.25) is 0 Å². The summed E-state index contributed by atoms with van der Waals surface area (Å²) in [7, 11) is 0. The summed E-state index contributed by atoms with van der Waals surface area (Å²) in [5.41, 5.74) is 0. The molecule has 0 fully saturated rings. The summed E-state index contributed by atoms with van der Waals surface area (Å²) < 4.78 is 16.8. The third-order valence-electron chi connectivity index (χ3n) is 15.6. The van der Waals surface area contributed by atoms with E-state index in [1.807, 2.05) is 0 Å². The van der Waals surface area contributed by atoms with Crippen LogP contribution in [-0.4, -0.2) is 37.2 Å². The van der Waals surface area contributed by atoms with Crippen LogP contribution in [-0.2, 0) is 28.6 Å². The van der Waals surface area contributed by atoms with Gasteiger partial charge in [-0.05, 0) is 57.8 Å². The highest BCUT2D eigenvalue weighted by Crippen LogP contribution is 2.19. The number of rotatable bonds is 64. The van der Waals surface area contributed by atoms with Gasteiger partial charge in [0.2, 0.25) is 0 Å². The average molecular weight is 1090 g/mol. The van der Waals surface area contributed by atoms with Gasteiger partial charge in [0, 0.05) is 19.3 Å². The predicted molar refractivity (Wildman–Crippen MR) is 339 cm³/mol. The van der Waals surface area contributed by atoms with Crippen molar-refractivity contribution in [3.05, 3.63) is 48.6 Å². The van der Waals surface area contributed by atoms with Crippen molar-refractivity contribution >= 4 is 17.9 Å². The zero-order chi connectivity index (χ0) is 56.4. The number of carbonyl (C=O) groups is 3. The molecule has 0 aromatic rings. The maximum Gasteiger partial charge on any atom is 0.306 e. The highest BCUT2D eigenvalue weighted by molar-refractivity contribution is 5.71. The van der Waals surface area contributed by atoms with Gasteiger partial charge < -0.3 is 14.2 Å². The molecule has 0 radical (unpaired) electrons. The number of carbonyl (C=O) groups excluding carboxylic acids is 3. The Morgan fingerprint density at radius 2 is 0.500 bits per heavy atom. The fourth-order valence-corrected chi connectivity index (χ4v) is 10.4. The highest BCUT2D eigenvalue weighted by atomic mass is 16.6. The molecule has 0 spiro atoms. The number of hydrogen-bond donors (Lipinski definition) is 0. The summed E-state index contributed by atoms with van der Waals surface area (Å²) in [5, 5.41) is 0. The minimum absolute atomic E-state index is 0.0695. The largest absolute Gasteiger partial charge is 0.462 e. The SMILES string of the molecule is CC/C=C\C/C=C\C/C=C\C/C=C\CCCCCCCCCCCCCCC(=O)OC(COC(=O)CCCCCCC)COC(=O)CCCCCCCCCCCCCCCCCCCCCCCCCCCCCCCC. The van der Waals surface area contributed by atoms with Gasteiger partial charge in [-0.1, -0.05) is 345 Å². The van der Waals surface area contributed by atoms with Crippen LogP contribution in [0.1, 0.15) is 374 Å². The van der Waals surface area contributed by atoms with Gasteiger partial charge in [0.25, 0.3) is 0 Å². The molecule has 0 rings (SSSR count). The molecule has 1 unspecified atom stereocenters. The summed E-state index contributed by atoms with van der Waals surface area (Å²) in [6.45, 7) is 6.50. The molecule has 6 nitrogen and oxygen atoms in total. The lowest BCUT2D eigenvalue weighted by atomic mass is 10.0. The smallest absolute Gasteiger partial charge is 0.306 e. The van der Waals surface area contributed by atoms with Crippen LogP contribution in [0.5, 0.6) is 0 Å². The number of esters is 3. The van der Waals surface area contributed by atoms with E-state index in [1.165, 1.54) is 244 Å². The van der Waals surface area contributed by atoms with E-state index in [0.717, 1.165) is 89.9 Å². The normalized spacial score (nSPS) is 12.3. The Morgan fingerprint density at radius 1 is 0.269 bits per heavy atom. The molecule has 0 heterocycles. The fourth-order valence-electron chi connectivity index (χ4n) is 10.4. The van der Waals surface area contributed by atoms with Gasteiger partial charge in [0.05, 0.1) is 0 Å². The van der Waals surface area contributed by atoms with E-state index >= 15 is 0 Å². The number of hydrogen-bond acceptors (Lipinski definition) is 6. The first-order valence-electron chi connectivity index (χ1n) is 34.6. The van der Waals surface area contributed by atoms with Crippen molar-refractivity contribution in [2.75, 3.05) is 13.2 Å². The molecule has 6 heteroatoms. The Balaban J connectivity index is 3.93. The molecule has 0 aromatic heterocycles. The third-order valence-corrected chi connectivity index (χ3v) is 15.6. The summed E-state index contributed by atoms with van der Waals surface area (Å²) in [4.78, 5) is 38.0. The lowest BCUT2D eigenvalue weighted by Crippen LogP contribution is -2.30. The molecule has 1 atom stereocenters. The van der Waals surface area contributed by atoms with Crippen LogP contribution >= 0.6 is 0 Å². The Morgan fingerprint density at radius 3 is 0.782 bits per heavy atom. The zero-order valence-corrected chi connectivity index (χ0v) is 52.5. The van der Waals surface area contributed by atoms with Crippen molar-refractivity contribution in [3.8, 4) is 0 Å². The molecule has 0 aliphatic heterocycles. The quantitative estimate of drug-likeness (QED) is 0.0261.